The third-order valence-corrected chi connectivity index (χ3v) is 12.7. The van der Waals surface area contributed by atoms with E-state index in [0.717, 1.165) is 32.1 Å². The van der Waals surface area contributed by atoms with Crippen molar-refractivity contribution in [3.8, 4) is 0 Å². The average molecular weight is 1020 g/mol. The molecule has 5 rings (SSSR count). The summed E-state index contributed by atoms with van der Waals surface area (Å²) in [6.07, 6.45) is -42.6. The molecule has 0 aromatic rings. The first-order valence-corrected chi connectivity index (χ1v) is 23.6. The molecule has 5 aliphatic rings. The van der Waals surface area contributed by atoms with Crippen molar-refractivity contribution in [2.45, 2.75) is 199 Å². The van der Waals surface area contributed by atoms with Gasteiger partial charge in [-0.15, -0.1) is 0 Å². The standard InChI is InChI=1S/C38H68O29S/c1-2-3-4-5-6-7-8-57-38-33(25(49)19(43)14(9-39)62-38)67-37-29(53)32(23(47)17(12-42)61-37)66-36-28(52)31(22(46)16(11-41)60-36)65-35-27(51)30(21(45)15(10-40)59-35)64-34-26(50)24(48)20(44)18(63-34)13-58-68(54,55)56/h14-53H,2-13H2,1H3,(H,54,55,56)/t14-,15-,16-,17-,18-,19-,20-,21-,22-,23-,24+,25+,26+,27+,28+,29+,30+,31+,32+,33+,34-,35-,36-,37-,38+/m1/s1. The van der Waals surface area contributed by atoms with Crippen molar-refractivity contribution in [3.05, 3.63) is 0 Å². The number of hydrogen-bond donors (Lipinski definition) is 16. The molecular weight excluding hydrogens is 952 g/mol. The molecule has 0 bridgehead atoms. The molecule has 5 saturated heterocycles. The highest BCUT2D eigenvalue weighted by Crippen LogP contribution is 2.36. The number of ether oxygens (including phenoxy) is 10. The summed E-state index contributed by atoms with van der Waals surface area (Å²) in [5.74, 6) is 0. The lowest BCUT2D eigenvalue weighted by Crippen LogP contribution is -2.68. The smallest absolute Gasteiger partial charge is 0.394 e. The van der Waals surface area contributed by atoms with Crippen LogP contribution in [-0.2, 0) is 62.0 Å². The second-order valence-corrected chi connectivity index (χ2v) is 18.2. The van der Waals surface area contributed by atoms with Gasteiger partial charge in [-0.05, 0) is 6.42 Å². The minimum Gasteiger partial charge on any atom is -0.394 e. The molecule has 5 fully saturated rings. The molecular formula is C38H68O29S. The highest BCUT2D eigenvalue weighted by Gasteiger charge is 2.57. The molecule has 400 valence electrons. The van der Waals surface area contributed by atoms with Crippen molar-refractivity contribution in [2.75, 3.05) is 39.6 Å². The largest absolute Gasteiger partial charge is 0.397 e. The van der Waals surface area contributed by atoms with Gasteiger partial charge in [-0.1, -0.05) is 39.0 Å². The molecule has 0 aromatic heterocycles. The van der Waals surface area contributed by atoms with E-state index in [9.17, 15) is 85.0 Å². The van der Waals surface area contributed by atoms with Crippen molar-refractivity contribution >= 4 is 10.4 Å². The molecule has 30 heteroatoms. The zero-order valence-electron chi connectivity index (χ0n) is 36.8. The molecule has 0 amide bonds. The molecule has 0 aliphatic carbocycles. The number of rotatable bonds is 23. The molecule has 0 radical (unpaired) electrons. The second-order valence-electron chi connectivity index (χ2n) is 17.1. The third kappa shape index (κ3) is 13.9. The molecule has 5 aliphatic heterocycles. The lowest BCUT2D eigenvalue weighted by Gasteiger charge is -2.49. The van der Waals surface area contributed by atoms with Crippen LogP contribution in [0.1, 0.15) is 45.4 Å². The predicted octanol–water partition coefficient (Wildman–Crippen LogP) is -8.71. The summed E-state index contributed by atoms with van der Waals surface area (Å²) in [7, 11) is -5.10. The van der Waals surface area contributed by atoms with Gasteiger partial charge in [-0.25, -0.2) is 4.18 Å². The molecule has 0 aromatic carbocycles. The molecule has 68 heavy (non-hydrogen) atoms. The van der Waals surface area contributed by atoms with E-state index in [1.54, 1.807) is 0 Å². The van der Waals surface area contributed by atoms with Gasteiger partial charge in [0.15, 0.2) is 31.5 Å². The number of aliphatic hydroxyl groups is 15. The predicted molar refractivity (Wildman–Crippen MR) is 214 cm³/mol. The lowest BCUT2D eigenvalue weighted by atomic mass is 9.95. The Labute approximate surface area is 389 Å². The van der Waals surface area contributed by atoms with Gasteiger partial charge in [0, 0.05) is 6.61 Å². The van der Waals surface area contributed by atoms with E-state index >= 15 is 0 Å². The fourth-order valence-corrected chi connectivity index (χ4v) is 8.64. The van der Waals surface area contributed by atoms with E-state index in [1.807, 2.05) is 0 Å². The topological polar surface area (TPSA) is 459 Å². The van der Waals surface area contributed by atoms with Gasteiger partial charge in [0.1, 0.15) is 122 Å². The Kier molecular flexibility index (Phi) is 22.3. The van der Waals surface area contributed by atoms with E-state index in [4.69, 9.17) is 51.9 Å². The van der Waals surface area contributed by atoms with Crippen LogP contribution in [0.4, 0.5) is 0 Å². The van der Waals surface area contributed by atoms with E-state index in [0.29, 0.717) is 6.42 Å². The van der Waals surface area contributed by atoms with Crippen LogP contribution in [0.3, 0.4) is 0 Å². The monoisotopic (exact) mass is 1020 g/mol. The minimum absolute atomic E-state index is 0.0940. The van der Waals surface area contributed by atoms with E-state index in [2.05, 4.69) is 11.1 Å². The first-order valence-electron chi connectivity index (χ1n) is 22.3. The first-order chi connectivity index (χ1) is 32.2. The van der Waals surface area contributed by atoms with Crippen molar-refractivity contribution in [2.24, 2.45) is 0 Å². The maximum atomic E-state index is 11.6. The van der Waals surface area contributed by atoms with Gasteiger partial charge in [0.05, 0.1) is 33.0 Å². The van der Waals surface area contributed by atoms with E-state index in [1.165, 1.54) is 0 Å². The Morgan fingerprint density at radius 3 is 1.18 bits per heavy atom. The van der Waals surface area contributed by atoms with E-state index in [-0.39, 0.29) is 6.61 Å². The summed E-state index contributed by atoms with van der Waals surface area (Å²) in [4.78, 5) is 0. The first kappa shape index (κ1) is 57.8. The van der Waals surface area contributed by atoms with Gasteiger partial charge < -0.3 is 124 Å². The Morgan fingerprint density at radius 2 is 0.750 bits per heavy atom. The van der Waals surface area contributed by atoms with Gasteiger partial charge in [-0.3, -0.25) is 4.55 Å². The lowest BCUT2D eigenvalue weighted by molar-refractivity contribution is -0.397. The number of aliphatic hydroxyl groups excluding tert-OH is 15. The fourth-order valence-electron chi connectivity index (χ4n) is 8.34. The van der Waals surface area contributed by atoms with Crippen LogP contribution >= 0.6 is 0 Å². The van der Waals surface area contributed by atoms with Crippen molar-refractivity contribution in [1.29, 1.82) is 0 Å². The highest BCUT2D eigenvalue weighted by molar-refractivity contribution is 7.80. The van der Waals surface area contributed by atoms with Gasteiger partial charge in [0.2, 0.25) is 0 Å². The van der Waals surface area contributed by atoms with Gasteiger partial charge >= 0.3 is 10.4 Å². The quantitative estimate of drug-likeness (QED) is 0.0334. The Balaban J connectivity index is 1.31. The summed E-state index contributed by atoms with van der Waals surface area (Å²) in [6.45, 7) is -2.66. The molecule has 29 nitrogen and oxygen atoms in total. The molecule has 0 saturated carbocycles. The highest BCUT2D eigenvalue weighted by atomic mass is 32.3. The average Bonchev–Trinajstić information content (AvgIpc) is 3.30. The van der Waals surface area contributed by atoms with Gasteiger partial charge in [-0.2, -0.15) is 8.42 Å². The fraction of sp³-hybridized carbons (Fsp3) is 1.00. The van der Waals surface area contributed by atoms with Crippen LogP contribution in [0.2, 0.25) is 0 Å². The summed E-state index contributed by atoms with van der Waals surface area (Å²) in [5.41, 5.74) is 0. The summed E-state index contributed by atoms with van der Waals surface area (Å²) >= 11 is 0. The van der Waals surface area contributed by atoms with Crippen LogP contribution in [0.25, 0.3) is 0 Å². The van der Waals surface area contributed by atoms with Crippen LogP contribution in [0, 0.1) is 0 Å². The summed E-state index contributed by atoms with van der Waals surface area (Å²) in [6, 6.07) is 0. The van der Waals surface area contributed by atoms with Crippen LogP contribution in [0.15, 0.2) is 0 Å². The molecule has 25 atom stereocenters. The summed E-state index contributed by atoms with van der Waals surface area (Å²) < 4.78 is 91.9. The maximum Gasteiger partial charge on any atom is 0.397 e. The maximum absolute atomic E-state index is 11.6. The zero-order chi connectivity index (χ0) is 50.2. The summed E-state index contributed by atoms with van der Waals surface area (Å²) in [5, 5.41) is 161. The molecule has 0 unspecified atom stereocenters. The SMILES string of the molecule is CCCCCCCCO[C@H]1O[C@H](CO)[C@@H](O)[C@H](O)[C@@H]1O[C@H]1O[C@H](CO)[C@@H](O)[C@H](O[C@H]2O[C@H](CO)[C@@H](O)[C@H](O[C@H]3O[C@H](CO)[C@@H](O)[C@H](O[C@H]4O[C@H](COS(=O)(=O)O)[C@@H](O)[C@H](O)[C@@H]4O)[C@@H]3O)[C@@H]2O)[C@@H]1O. The van der Waals surface area contributed by atoms with Crippen molar-refractivity contribution < 1.29 is 141 Å². The Hall–Kier alpha value is -1.13. The molecule has 5 heterocycles. The molecule has 16 N–H and O–H groups in total. The number of hydrogen-bond acceptors (Lipinski definition) is 28. The van der Waals surface area contributed by atoms with E-state index < -0.39 is 197 Å². The third-order valence-electron chi connectivity index (χ3n) is 12.3. The minimum atomic E-state index is -5.10. The van der Waals surface area contributed by atoms with Crippen LogP contribution < -0.4 is 0 Å². The number of unbranched alkanes of at least 4 members (excludes halogenated alkanes) is 5. The van der Waals surface area contributed by atoms with Crippen molar-refractivity contribution in [3.63, 3.8) is 0 Å². The van der Waals surface area contributed by atoms with Crippen molar-refractivity contribution in [1.82, 2.24) is 0 Å². The van der Waals surface area contributed by atoms with Crippen LogP contribution in [-0.4, -0.2) is 283 Å². The van der Waals surface area contributed by atoms with Crippen LogP contribution in [0.5, 0.6) is 0 Å². The zero-order valence-corrected chi connectivity index (χ0v) is 37.6. The normalized spacial score (nSPS) is 46.2. The second kappa shape index (κ2) is 26.2. The van der Waals surface area contributed by atoms with Gasteiger partial charge in [0.25, 0.3) is 0 Å². The molecule has 0 spiro atoms. The Bertz CT molecular complexity index is 1590. The Morgan fingerprint density at radius 1 is 0.397 bits per heavy atom.